The van der Waals surface area contributed by atoms with Gasteiger partial charge >= 0.3 is 0 Å². The molecule has 0 aliphatic heterocycles. The lowest BCUT2D eigenvalue weighted by Crippen LogP contribution is -2.13. The van der Waals surface area contributed by atoms with Crippen molar-refractivity contribution in [2.24, 2.45) is 17.2 Å². The molecule has 5 heteroatoms. The Kier molecular flexibility index (Phi) is 2.71. The molecule has 0 spiro atoms. The first-order chi connectivity index (χ1) is 7.51. The van der Waals surface area contributed by atoms with Crippen molar-refractivity contribution in [1.82, 2.24) is 9.97 Å². The van der Waals surface area contributed by atoms with Gasteiger partial charge in [0.05, 0.1) is 0 Å². The van der Waals surface area contributed by atoms with Gasteiger partial charge in [-0.1, -0.05) is 13.8 Å². The van der Waals surface area contributed by atoms with Crippen LogP contribution in [0, 0.1) is 18.3 Å². The Morgan fingerprint density at radius 2 is 2.06 bits per heavy atom. The lowest BCUT2D eigenvalue weighted by Gasteiger charge is -2.09. The van der Waals surface area contributed by atoms with E-state index in [2.05, 4.69) is 34.6 Å². The molecule has 0 saturated heterocycles. The predicted octanol–water partition coefficient (Wildman–Crippen LogP) is 1.53. The molecule has 1 aromatic heterocycles. The second-order valence-corrected chi connectivity index (χ2v) is 5.10. The van der Waals surface area contributed by atoms with Gasteiger partial charge in [-0.25, -0.2) is 15.8 Å². The van der Waals surface area contributed by atoms with Crippen LogP contribution in [0.3, 0.4) is 0 Å². The Bertz CT molecular complexity index is 388. The van der Waals surface area contributed by atoms with Crippen LogP contribution in [0.25, 0.3) is 0 Å². The lowest BCUT2D eigenvalue weighted by atomic mass is 10.1. The van der Waals surface area contributed by atoms with E-state index in [4.69, 9.17) is 5.84 Å². The first-order valence-electron chi connectivity index (χ1n) is 5.57. The summed E-state index contributed by atoms with van der Waals surface area (Å²) in [5.41, 5.74) is 3.03. The molecule has 0 bridgehead atoms. The van der Waals surface area contributed by atoms with E-state index in [-0.39, 0.29) is 0 Å². The molecule has 1 saturated carbocycles. The van der Waals surface area contributed by atoms with Gasteiger partial charge in [0.15, 0.2) is 0 Å². The van der Waals surface area contributed by atoms with Gasteiger partial charge in [-0.15, -0.1) is 0 Å². The van der Waals surface area contributed by atoms with Gasteiger partial charge in [0.2, 0.25) is 0 Å². The molecular weight excluding hydrogens is 202 g/mol. The summed E-state index contributed by atoms with van der Waals surface area (Å²) < 4.78 is 0. The molecule has 1 aliphatic rings. The van der Waals surface area contributed by atoms with Crippen LogP contribution < -0.4 is 16.6 Å². The third-order valence-corrected chi connectivity index (χ3v) is 3.23. The fourth-order valence-electron chi connectivity index (χ4n) is 1.88. The van der Waals surface area contributed by atoms with E-state index in [1.165, 1.54) is 6.42 Å². The van der Waals surface area contributed by atoms with Crippen molar-refractivity contribution in [3.05, 3.63) is 11.9 Å². The Labute approximate surface area is 95.8 Å². The zero-order chi connectivity index (χ0) is 11.8. The Morgan fingerprint density at radius 1 is 1.44 bits per heavy atom. The molecule has 0 radical (unpaired) electrons. The number of hydrogen-bond acceptors (Lipinski definition) is 5. The molecular formula is C11H19N5. The third kappa shape index (κ3) is 2.41. The van der Waals surface area contributed by atoms with E-state index in [0.29, 0.717) is 17.1 Å². The standard InChI is InChI=1S/C11H19N5/c1-7-14-9(4-10(15-7)16-12)13-6-8-5-11(8,2)3/h4,8H,5-6,12H2,1-3H3,(H2,13,14,15,16). The Morgan fingerprint density at radius 3 is 2.62 bits per heavy atom. The smallest absolute Gasteiger partial charge is 0.145 e. The van der Waals surface area contributed by atoms with Crippen LogP contribution >= 0.6 is 0 Å². The number of rotatable bonds is 4. The molecule has 4 N–H and O–H groups in total. The summed E-state index contributed by atoms with van der Waals surface area (Å²) in [6.07, 6.45) is 1.28. The zero-order valence-electron chi connectivity index (χ0n) is 10.0. The van der Waals surface area contributed by atoms with Crippen molar-refractivity contribution in [2.45, 2.75) is 27.2 Å². The first kappa shape index (κ1) is 11.1. The number of hydrogen-bond donors (Lipinski definition) is 3. The van der Waals surface area contributed by atoms with Crippen molar-refractivity contribution in [3.8, 4) is 0 Å². The maximum atomic E-state index is 5.33. The molecule has 2 rings (SSSR count). The lowest BCUT2D eigenvalue weighted by molar-refractivity contribution is 0.573. The van der Waals surface area contributed by atoms with E-state index in [1.807, 2.05) is 13.0 Å². The zero-order valence-corrected chi connectivity index (χ0v) is 10.0. The monoisotopic (exact) mass is 221 g/mol. The summed E-state index contributed by atoms with van der Waals surface area (Å²) in [5.74, 6) is 8.27. The maximum Gasteiger partial charge on any atom is 0.145 e. The minimum absolute atomic E-state index is 0.490. The molecule has 88 valence electrons. The van der Waals surface area contributed by atoms with Crippen LogP contribution in [-0.2, 0) is 0 Å². The SMILES string of the molecule is Cc1nc(NN)cc(NCC2CC2(C)C)n1. The predicted molar refractivity (Wildman–Crippen MR) is 65.0 cm³/mol. The fourth-order valence-corrected chi connectivity index (χ4v) is 1.88. The summed E-state index contributed by atoms with van der Waals surface area (Å²) in [5, 5.41) is 3.33. The van der Waals surface area contributed by atoms with Gasteiger partial charge in [-0.2, -0.15) is 0 Å². The van der Waals surface area contributed by atoms with Gasteiger partial charge in [0, 0.05) is 12.6 Å². The second-order valence-electron chi connectivity index (χ2n) is 5.10. The van der Waals surface area contributed by atoms with E-state index in [0.717, 1.165) is 18.3 Å². The van der Waals surface area contributed by atoms with Crippen molar-refractivity contribution < 1.29 is 0 Å². The molecule has 1 aliphatic carbocycles. The highest BCUT2D eigenvalue weighted by Gasteiger charge is 2.44. The summed E-state index contributed by atoms with van der Waals surface area (Å²) >= 11 is 0. The highest BCUT2D eigenvalue weighted by Crippen LogP contribution is 2.51. The van der Waals surface area contributed by atoms with Crippen LogP contribution in [0.5, 0.6) is 0 Å². The fraction of sp³-hybridized carbons (Fsp3) is 0.636. The van der Waals surface area contributed by atoms with Crippen molar-refractivity contribution in [3.63, 3.8) is 0 Å². The van der Waals surface area contributed by atoms with Crippen molar-refractivity contribution in [2.75, 3.05) is 17.3 Å². The van der Waals surface area contributed by atoms with Crippen LogP contribution in [0.1, 0.15) is 26.1 Å². The molecule has 1 atom stereocenters. The van der Waals surface area contributed by atoms with Gasteiger partial charge in [-0.3, -0.25) is 0 Å². The number of aryl methyl sites for hydroxylation is 1. The molecule has 1 fully saturated rings. The molecule has 16 heavy (non-hydrogen) atoms. The number of anilines is 2. The molecule has 0 aromatic carbocycles. The Hall–Kier alpha value is -1.36. The third-order valence-electron chi connectivity index (χ3n) is 3.23. The van der Waals surface area contributed by atoms with Crippen molar-refractivity contribution in [1.29, 1.82) is 0 Å². The average molecular weight is 221 g/mol. The largest absolute Gasteiger partial charge is 0.370 e. The maximum absolute atomic E-state index is 5.33. The quantitative estimate of drug-likeness (QED) is 0.531. The van der Waals surface area contributed by atoms with Gasteiger partial charge < -0.3 is 10.7 Å². The van der Waals surface area contributed by atoms with E-state index in [1.54, 1.807) is 0 Å². The Balaban J connectivity index is 1.96. The average Bonchev–Trinajstić information content (AvgIpc) is 2.83. The molecule has 5 nitrogen and oxygen atoms in total. The van der Waals surface area contributed by atoms with Crippen LogP contribution in [0.2, 0.25) is 0 Å². The van der Waals surface area contributed by atoms with Gasteiger partial charge in [0.25, 0.3) is 0 Å². The van der Waals surface area contributed by atoms with Crippen LogP contribution in [0.4, 0.5) is 11.6 Å². The second kappa shape index (κ2) is 3.90. The van der Waals surface area contributed by atoms with Gasteiger partial charge in [-0.05, 0) is 24.7 Å². The summed E-state index contributed by atoms with van der Waals surface area (Å²) in [7, 11) is 0. The number of nitrogens with one attached hydrogen (secondary N) is 2. The first-order valence-corrected chi connectivity index (χ1v) is 5.57. The number of aromatic nitrogens is 2. The molecule has 0 amide bonds. The normalized spacial score (nSPS) is 21.6. The van der Waals surface area contributed by atoms with Crippen LogP contribution in [-0.4, -0.2) is 16.5 Å². The minimum Gasteiger partial charge on any atom is -0.370 e. The van der Waals surface area contributed by atoms with Gasteiger partial charge in [0.1, 0.15) is 17.5 Å². The highest BCUT2D eigenvalue weighted by molar-refractivity contribution is 5.46. The number of nitrogens with zero attached hydrogens (tertiary/aromatic N) is 2. The number of hydrazine groups is 1. The summed E-state index contributed by atoms with van der Waals surface area (Å²) in [4.78, 5) is 8.45. The molecule has 1 aromatic rings. The van der Waals surface area contributed by atoms with Crippen LogP contribution in [0.15, 0.2) is 6.07 Å². The molecule has 1 unspecified atom stereocenters. The summed E-state index contributed by atoms with van der Waals surface area (Å²) in [6, 6.07) is 1.82. The number of nitrogens with two attached hydrogens (primary N) is 1. The summed E-state index contributed by atoms with van der Waals surface area (Å²) in [6.45, 7) is 7.40. The van der Waals surface area contributed by atoms with E-state index >= 15 is 0 Å². The topological polar surface area (TPSA) is 75.9 Å². The molecule has 1 heterocycles. The minimum atomic E-state index is 0.490. The van der Waals surface area contributed by atoms with E-state index < -0.39 is 0 Å². The highest BCUT2D eigenvalue weighted by atomic mass is 15.3. The van der Waals surface area contributed by atoms with Crippen molar-refractivity contribution >= 4 is 11.6 Å². The number of nitrogen functional groups attached to an aromatic ring is 1. The van der Waals surface area contributed by atoms with E-state index in [9.17, 15) is 0 Å².